The van der Waals surface area contributed by atoms with E-state index in [1.165, 1.54) is 121 Å². The van der Waals surface area contributed by atoms with Crippen molar-refractivity contribution in [2.45, 2.75) is 275 Å². The second-order valence-electron chi connectivity index (χ2n) is 24.8. The van der Waals surface area contributed by atoms with Crippen LogP contribution in [-0.2, 0) is 45.2 Å². The SMILES string of the molecule is C.CCCCCCCCCCCCCCCCNC(=O)[C@H](O)[C@@H](O)[C@H](O)[C@H](O)COC(=O)c1ccccc1.CCCCCCCCNC(=O)[C@H](O)[C@@H](O)[C@H](O)[C@H](O)COC(=O)c1ccc(C(=O)OC[C@@H](O)[C@@H](O)[C@H](O)[C@@H](O)C(=O)NCCCCCCCC)cc1.COC(C)=O.Cn1cccc1. The quantitative estimate of drug-likeness (QED) is 0.0187. The van der Waals surface area contributed by atoms with E-state index in [1.807, 2.05) is 36.1 Å². The number of carbonyl (C=O) groups excluding carboxylic acids is 7. The summed E-state index contributed by atoms with van der Waals surface area (Å²) < 4.78 is 20.9. The molecule has 0 spiro atoms. The van der Waals surface area contributed by atoms with Crippen LogP contribution >= 0.6 is 0 Å². The molecule has 3 amide bonds. The van der Waals surface area contributed by atoms with Gasteiger partial charge in [-0.2, -0.15) is 0 Å². The van der Waals surface area contributed by atoms with Crippen LogP contribution in [0.3, 0.4) is 0 Å². The fraction of sp³-hybridized carbons (Fsp3) is 0.689. The highest BCUT2D eigenvalue weighted by molar-refractivity contribution is 5.93. The fourth-order valence-electron chi connectivity index (χ4n) is 9.55. The first-order valence-electron chi connectivity index (χ1n) is 35.6. The molecular formula is C74H126N4O23. The lowest BCUT2D eigenvalue weighted by Gasteiger charge is -2.26. The Hall–Kier alpha value is -6.47. The normalized spacial score (nSPS) is 14.4. The Balaban J connectivity index is 0. The van der Waals surface area contributed by atoms with Crippen molar-refractivity contribution in [1.29, 1.82) is 0 Å². The van der Waals surface area contributed by atoms with Crippen LogP contribution in [0.1, 0.15) is 233 Å². The monoisotopic (exact) mass is 1440 g/mol. The van der Waals surface area contributed by atoms with Gasteiger partial charge in [0.15, 0.2) is 18.3 Å². The van der Waals surface area contributed by atoms with E-state index in [1.54, 1.807) is 18.2 Å². The van der Waals surface area contributed by atoms with Crippen molar-refractivity contribution in [2.24, 2.45) is 7.05 Å². The smallest absolute Gasteiger partial charge is 0.338 e. The zero-order valence-electron chi connectivity index (χ0n) is 59.9. The number of aliphatic hydroxyl groups is 12. The molecule has 3 rings (SSSR count). The molecule has 0 aliphatic carbocycles. The molecular weight excluding hydrogens is 1310 g/mol. The Morgan fingerprint density at radius 1 is 0.356 bits per heavy atom. The zero-order chi connectivity index (χ0) is 75.0. The van der Waals surface area contributed by atoms with Crippen molar-refractivity contribution in [2.75, 3.05) is 46.6 Å². The minimum Gasteiger partial charge on any atom is -0.469 e. The number of hydrogen-bond acceptors (Lipinski definition) is 23. The second kappa shape index (κ2) is 61.0. The molecule has 1 aromatic heterocycles. The van der Waals surface area contributed by atoms with Gasteiger partial charge in [-0.05, 0) is 67.8 Å². The molecule has 0 aliphatic heterocycles. The van der Waals surface area contributed by atoms with Gasteiger partial charge in [-0.25, -0.2) is 14.4 Å². The first kappa shape index (κ1) is 96.6. The molecule has 0 aliphatic rings. The Kier molecular flexibility index (Phi) is 58.4. The molecule has 0 bridgehead atoms. The lowest BCUT2D eigenvalue weighted by Crippen LogP contribution is -2.52. The van der Waals surface area contributed by atoms with Crippen molar-refractivity contribution in [3.8, 4) is 0 Å². The minimum atomic E-state index is -2.07. The summed E-state index contributed by atoms with van der Waals surface area (Å²) in [4.78, 5) is 82.7. The van der Waals surface area contributed by atoms with Crippen LogP contribution in [0.15, 0.2) is 79.1 Å². The number of unbranched alkanes of at least 4 members (excludes halogenated alkanes) is 23. The number of carbonyl (C=O) groups is 7. The number of aromatic nitrogens is 1. The summed E-state index contributed by atoms with van der Waals surface area (Å²) in [5.74, 6) is -5.60. The van der Waals surface area contributed by atoms with Gasteiger partial charge in [-0.15, -0.1) is 0 Å². The lowest BCUT2D eigenvalue weighted by molar-refractivity contribution is -0.149. The number of aryl methyl sites for hydroxylation is 1. The van der Waals surface area contributed by atoms with E-state index < -0.39 is 129 Å². The maximum atomic E-state index is 12.4. The largest absolute Gasteiger partial charge is 0.469 e. The lowest BCUT2D eigenvalue weighted by atomic mass is 10.0. The third-order valence-corrected chi connectivity index (χ3v) is 16.1. The van der Waals surface area contributed by atoms with Gasteiger partial charge in [0, 0.05) is 46.0 Å². The van der Waals surface area contributed by atoms with Crippen molar-refractivity contribution < 1.29 is 114 Å². The Morgan fingerprint density at radius 3 is 0.802 bits per heavy atom. The third kappa shape index (κ3) is 46.0. The maximum Gasteiger partial charge on any atom is 0.338 e. The summed E-state index contributed by atoms with van der Waals surface area (Å²) in [5.41, 5.74) is 0.0955. The molecule has 12 atom stereocenters. The van der Waals surface area contributed by atoms with E-state index in [2.05, 4.69) is 41.5 Å². The first-order valence-corrected chi connectivity index (χ1v) is 35.6. The van der Waals surface area contributed by atoms with Crippen molar-refractivity contribution in [3.63, 3.8) is 0 Å². The molecule has 0 saturated heterocycles. The average molecular weight is 1440 g/mol. The van der Waals surface area contributed by atoms with Crippen LogP contribution in [0.25, 0.3) is 0 Å². The van der Waals surface area contributed by atoms with E-state index in [-0.39, 0.29) is 43.2 Å². The van der Waals surface area contributed by atoms with Crippen LogP contribution < -0.4 is 16.0 Å². The van der Waals surface area contributed by atoms with E-state index in [4.69, 9.17) is 14.2 Å². The number of hydrogen-bond donors (Lipinski definition) is 15. The molecule has 1 heterocycles. The fourth-order valence-corrected chi connectivity index (χ4v) is 9.55. The predicted octanol–water partition coefficient (Wildman–Crippen LogP) is 5.57. The molecule has 0 fully saturated rings. The second-order valence-corrected chi connectivity index (χ2v) is 24.8. The van der Waals surface area contributed by atoms with E-state index in [9.17, 15) is 94.8 Å². The van der Waals surface area contributed by atoms with E-state index in [0.717, 1.165) is 83.5 Å². The van der Waals surface area contributed by atoms with Crippen molar-refractivity contribution >= 4 is 41.6 Å². The van der Waals surface area contributed by atoms with Gasteiger partial charge in [0.05, 0.1) is 23.8 Å². The Labute approximate surface area is 598 Å². The van der Waals surface area contributed by atoms with Gasteiger partial charge in [0.2, 0.25) is 0 Å². The summed E-state index contributed by atoms with van der Waals surface area (Å²) >= 11 is 0. The highest BCUT2D eigenvalue weighted by Gasteiger charge is 2.37. The number of nitrogens with one attached hydrogen (secondary N) is 3. The van der Waals surface area contributed by atoms with Gasteiger partial charge >= 0.3 is 23.9 Å². The molecule has 0 unspecified atom stereocenters. The minimum absolute atomic E-state index is 0. The number of ether oxygens (including phenoxy) is 4. The summed E-state index contributed by atoms with van der Waals surface area (Å²) in [6.45, 7) is 6.47. The number of rotatable bonds is 50. The van der Waals surface area contributed by atoms with Crippen LogP contribution in [0.4, 0.5) is 0 Å². The molecule has 0 radical (unpaired) electrons. The van der Waals surface area contributed by atoms with Gasteiger partial charge in [-0.1, -0.05) is 194 Å². The zero-order valence-corrected chi connectivity index (χ0v) is 59.9. The summed E-state index contributed by atoms with van der Waals surface area (Å²) in [7, 11) is 3.35. The van der Waals surface area contributed by atoms with Gasteiger partial charge in [0.25, 0.3) is 17.7 Å². The first-order chi connectivity index (χ1) is 47.8. The number of amides is 3. The summed E-state index contributed by atoms with van der Waals surface area (Å²) in [5, 5.41) is 129. The Morgan fingerprint density at radius 2 is 0.584 bits per heavy atom. The number of methoxy groups -OCH3 is 1. The number of benzene rings is 2. The van der Waals surface area contributed by atoms with Crippen LogP contribution in [-0.4, -0.2) is 227 Å². The third-order valence-electron chi connectivity index (χ3n) is 16.1. The van der Waals surface area contributed by atoms with Crippen LogP contribution in [0.5, 0.6) is 0 Å². The van der Waals surface area contributed by atoms with Crippen LogP contribution in [0, 0.1) is 0 Å². The molecule has 27 nitrogen and oxygen atoms in total. The van der Waals surface area contributed by atoms with Gasteiger partial charge < -0.3 is 101 Å². The summed E-state index contributed by atoms with van der Waals surface area (Å²) in [6.07, 6.45) is 9.57. The van der Waals surface area contributed by atoms with Gasteiger partial charge in [-0.3, -0.25) is 19.2 Å². The van der Waals surface area contributed by atoms with Crippen molar-refractivity contribution in [3.05, 3.63) is 95.8 Å². The van der Waals surface area contributed by atoms with E-state index in [0.29, 0.717) is 19.4 Å². The van der Waals surface area contributed by atoms with Gasteiger partial charge in [0.1, 0.15) is 74.8 Å². The molecule has 15 N–H and O–H groups in total. The molecule has 580 valence electrons. The predicted molar refractivity (Wildman–Crippen MR) is 382 cm³/mol. The van der Waals surface area contributed by atoms with E-state index >= 15 is 0 Å². The Bertz CT molecular complexity index is 2480. The molecule has 101 heavy (non-hydrogen) atoms. The summed E-state index contributed by atoms with van der Waals surface area (Å²) in [6, 6.07) is 16.8. The van der Waals surface area contributed by atoms with Crippen LogP contribution in [0.2, 0.25) is 0 Å². The maximum absolute atomic E-state index is 12.4. The van der Waals surface area contributed by atoms with Crippen molar-refractivity contribution in [1.82, 2.24) is 20.5 Å². The molecule has 2 aromatic carbocycles. The standard InChI is InChI=1S/C36H60N2O14.C29H49NO7.C5H7N.C3H6O2.CH4/c1-3-5-7-9-11-13-19-37-33(47)31(45)29(43)27(41)25(39)21-51-35(49)23-15-17-24(18-16-23)36(50)52-22-26(40)28(42)30(44)32(46)34(48)38-20-14-12-10-8-6-4-2;1-2-3-4-5-6-7-8-9-10-11-12-13-14-18-21-30-28(35)27(34)26(33)25(32)24(31)22-37-29(36)23-19-16-15-17-20-23;1-6-4-2-3-5-6;1-3(4)5-2;/h15-18,25-32,39-46H,3-14,19-22H2,1-2H3,(H,37,47)(H,38,48);15-17,19-20,24-27,31-34H,2-14,18,21-22H2,1H3,(H,30,35);2-5H,1H3;1-2H3;1H4/t25-,26-,27-,28-,29+,30+,31-,32-;24-,25-,26+,27-;;;/m11.../s1. The number of nitrogens with zero attached hydrogens (tertiary/aromatic N) is 1. The highest BCUT2D eigenvalue weighted by atomic mass is 16.6. The number of aliphatic hydroxyl groups excluding tert-OH is 12. The molecule has 0 saturated carbocycles. The number of esters is 4. The molecule has 3 aromatic rings. The average Bonchev–Trinajstić information content (AvgIpc) is 1.59. The molecule has 27 heteroatoms. The topological polar surface area (TPSA) is 440 Å². The highest BCUT2D eigenvalue weighted by Crippen LogP contribution is 2.16.